The fourth-order valence-electron chi connectivity index (χ4n) is 18.5. The Morgan fingerprint density at radius 1 is 0.443 bits per heavy atom. The van der Waals surface area contributed by atoms with E-state index >= 15 is 0 Å². The fourth-order valence-corrected chi connectivity index (χ4v) is 101. The van der Waals surface area contributed by atoms with Crippen molar-refractivity contribution in [2.45, 2.75) is 254 Å². The maximum absolute atomic E-state index is 7.86. The Hall–Kier alpha value is 4.49. The highest BCUT2D eigenvalue weighted by molar-refractivity contribution is 9.67. The molecule has 468 valence electrons. The summed E-state index contributed by atoms with van der Waals surface area (Å²) >= 11 is 24.9. The van der Waals surface area contributed by atoms with Gasteiger partial charge in [-0.2, -0.15) is 0 Å². The molecule has 0 amide bonds. The lowest BCUT2D eigenvalue weighted by molar-refractivity contribution is 0.0338. The van der Waals surface area contributed by atoms with Gasteiger partial charge >= 0.3 is 26.4 Å². The molecule has 0 aromatic carbocycles. The Kier molecular flexibility index (Phi) is 24.9. The lowest BCUT2D eigenvalue weighted by atomic mass is 9.80. The molecule has 7 aliphatic rings. The Labute approximate surface area is 528 Å². The van der Waals surface area contributed by atoms with E-state index in [0.29, 0.717) is 77.2 Å². The van der Waals surface area contributed by atoms with E-state index in [1.165, 1.54) is 38.5 Å². The average Bonchev–Trinajstić information content (AvgIpc) is 3.70. The molecular weight excluding hydrogens is 1270 g/mol. The summed E-state index contributed by atoms with van der Waals surface area (Å²) in [5, 5.41) is 0. The van der Waals surface area contributed by atoms with Gasteiger partial charge in [-0.15, -0.1) is 51.2 Å². The van der Waals surface area contributed by atoms with Crippen molar-refractivity contribution in [3.63, 3.8) is 0 Å². The SMILES string of the molecule is CCO[Si](OCC)(OCC)C1(S(S)(SS)SSS(SC2(C)CCCCC2)(C2([Si](OCC)(OCC)OCC)CC3CCC2(CC)C3)C(C)(C)S(S)(SS)C2([Si](OCC)(OCC)OCC)CC3CCC2(CC)C3)CC2CCC1(CC)C2. The Morgan fingerprint density at radius 3 is 1.11 bits per heavy atom. The standard InChI is InChI=1S/C55H110O9S12Si3/c1-16-50-36-31-45(39-50)42-53(50,77(56-19-4,57-20-5)58-21-6)74(67,70-65)48(13,14)75(69-49(15)34-29-28-30-35-49,54(43-46-32-37-51(54,17-2)40-46)78(59-22-7,60-23-8)61-24-9)72-73-76(68,71-66)55(44-47-33-38-52(55,18-3)41-47)79(62-25-10,63-26-11)64-27-12/h45-47,65-68H,16-44H2,1-15H3. The van der Waals surface area contributed by atoms with Crippen molar-refractivity contribution < 1.29 is 39.8 Å². The molecule has 0 aromatic rings. The Morgan fingerprint density at radius 2 is 0.772 bits per heavy atom. The van der Waals surface area contributed by atoms with Crippen LogP contribution in [0.15, 0.2) is 0 Å². The van der Waals surface area contributed by atoms with Crippen molar-refractivity contribution >= 4 is 146 Å². The third-order valence-corrected chi connectivity index (χ3v) is 88.0. The number of hydrogen-bond donors (Lipinski definition) is 4. The molecule has 0 aromatic heterocycles. The highest BCUT2D eigenvalue weighted by Gasteiger charge is 2.89. The van der Waals surface area contributed by atoms with Gasteiger partial charge in [0.15, 0.2) is 0 Å². The van der Waals surface area contributed by atoms with Crippen LogP contribution < -0.4 is 0 Å². The van der Waals surface area contributed by atoms with E-state index < -0.39 is 66.9 Å². The van der Waals surface area contributed by atoms with Crippen LogP contribution in [0.25, 0.3) is 0 Å². The maximum atomic E-state index is 7.86. The molecule has 7 rings (SSSR count). The third kappa shape index (κ3) is 10.5. The molecule has 0 aliphatic heterocycles. The second kappa shape index (κ2) is 27.8. The first-order chi connectivity index (χ1) is 37.6. The predicted molar refractivity (Wildman–Crippen MR) is 376 cm³/mol. The minimum absolute atomic E-state index is 0.0845. The minimum atomic E-state index is -3.84. The van der Waals surface area contributed by atoms with E-state index in [9.17, 15) is 0 Å². The largest absolute Gasteiger partial charge is 0.519 e. The lowest BCUT2D eigenvalue weighted by Gasteiger charge is -2.76. The topological polar surface area (TPSA) is 83.1 Å². The molecule has 12 unspecified atom stereocenters. The van der Waals surface area contributed by atoms with Gasteiger partial charge in [0.1, 0.15) is 4.37 Å². The zero-order chi connectivity index (χ0) is 58.1. The molecule has 7 fully saturated rings. The Balaban J connectivity index is 1.72. The normalized spacial score (nSPS) is 37.0. The first-order valence-corrected chi connectivity index (χ1v) is 52.5. The van der Waals surface area contributed by atoms with Gasteiger partial charge in [-0.3, -0.25) is 0 Å². The minimum Gasteiger partial charge on any atom is -0.373 e. The summed E-state index contributed by atoms with van der Waals surface area (Å²) in [7, 11) is -8.19. The molecule has 6 bridgehead atoms. The van der Waals surface area contributed by atoms with Gasteiger partial charge in [0.25, 0.3) is 0 Å². The molecule has 9 nitrogen and oxygen atoms in total. The molecule has 0 spiro atoms. The summed E-state index contributed by atoms with van der Waals surface area (Å²) in [4.78, 5) is 0. The summed E-state index contributed by atoms with van der Waals surface area (Å²) in [6, 6.07) is 0. The highest BCUT2D eigenvalue weighted by atomic mass is 34.1. The van der Waals surface area contributed by atoms with Gasteiger partial charge in [-0.1, -0.05) is 69.6 Å². The van der Waals surface area contributed by atoms with Gasteiger partial charge in [0, 0.05) is 64.2 Å². The van der Waals surface area contributed by atoms with E-state index in [1.54, 1.807) is 19.7 Å². The van der Waals surface area contributed by atoms with Crippen LogP contribution >= 0.6 is 120 Å². The van der Waals surface area contributed by atoms with Crippen molar-refractivity contribution in [1.29, 1.82) is 0 Å². The predicted octanol–water partition coefficient (Wildman–Crippen LogP) is 20.2. The zero-order valence-corrected chi connectivity index (χ0v) is 64.6. The summed E-state index contributed by atoms with van der Waals surface area (Å²) in [5.74, 6) is 1.54. The van der Waals surface area contributed by atoms with Crippen LogP contribution in [-0.4, -0.2) is 108 Å². The third-order valence-electron chi connectivity index (χ3n) is 21.3. The van der Waals surface area contributed by atoms with Crippen LogP contribution in [0.3, 0.4) is 0 Å². The van der Waals surface area contributed by atoms with Crippen molar-refractivity contribution in [1.82, 2.24) is 0 Å². The van der Waals surface area contributed by atoms with Crippen LogP contribution in [-0.2, 0) is 39.8 Å². The van der Waals surface area contributed by atoms with Crippen molar-refractivity contribution in [3.8, 4) is 0 Å². The molecular formula is C55H110O9S12Si3. The van der Waals surface area contributed by atoms with Crippen molar-refractivity contribution in [2.75, 3.05) is 59.5 Å². The second-order valence-corrected chi connectivity index (χ2v) is 65.0. The average molecular weight is 1380 g/mol. The first kappa shape index (κ1) is 70.9. The number of hydrogen-bond acceptors (Lipinski definition) is 18. The summed E-state index contributed by atoms with van der Waals surface area (Å²) < 4.78 is 66.2. The van der Waals surface area contributed by atoms with Gasteiger partial charge in [0.2, 0.25) is 0 Å². The van der Waals surface area contributed by atoms with E-state index in [0.717, 1.165) is 89.9 Å². The molecule has 0 saturated heterocycles. The molecule has 7 aliphatic carbocycles. The molecule has 12 atom stereocenters. The number of rotatable bonds is 36. The summed E-state index contributed by atoms with van der Waals surface area (Å²) in [5.41, 5.74) is -0.410. The molecule has 79 heavy (non-hydrogen) atoms. The van der Waals surface area contributed by atoms with E-state index in [1.807, 2.05) is 0 Å². The van der Waals surface area contributed by atoms with Gasteiger partial charge in [-0.05, 0) is 266 Å². The quantitative estimate of drug-likeness (QED) is 0.0273. The molecule has 0 radical (unpaired) electrons. The van der Waals surface area contributed by atoms with Crippen molar-refractivity contribution in [3.05, 3.63) is 0 Å². The number of thiol groups is 4. The van der Waals surface area contributed by atoms with E-state index in [2.05, 4.69) is 134 Å². The molecule has 7 saturated carbocycles. The van der Waals surface area contributed by atoms with Crippen LogP contribution in [0, 0.1) is 34.0 Å². The second-order valence-electron chi connectivity index (χ2n) is 24.7. The molecule has 0 heterocycles. The summed E-state index contributed by atoms with van der Waals surface area (Å²) in [6.07, 6.45) is 22.3. The van der Waals surface area contributed by atoms with Gasteiger partial charge < -0.3 is 39.8 Å². The van der Waals surface area contributed by atoms with Crippen LogP contribution in [0.4, 0.5) is 0 Å². The number of fused-ring (bicyclic) bond motifs is 6. The smallest absolute Gasteiger partial charge is 0.373 e. The Bertz CT molecular complexity index is 1960. The lowest BCUT2D eigenvalue weighted by Crippen LogP contribution is -2.76. The fraction of sp³-hybridized carbons (Fsp3) is 1.00. The van der Waals surface area contributed by atoms with E-state index in [-0.39, 0.29) is 21.0 Å². The van der Waals surface area contributed by atoms with Crippen molar-refractivity contribution in [2.24, 2.45) is 34.0 Å². The maximum Gasteiger partial charge on any atom is 0.519 e. The molecule has 0 N–H and O–H groups in total. The van der Waals surface area contributed by atoms with Crippen LogP contribution in [0.5, 0.6) is 0 Å². The summed E-state index contributed by atoms with van der Waals surface area (Å²) in [6.45, 7) is 39.6. The monoisotopic (exact) mass is 1380 g/mol. The first-order valence-electron chi connectivity index (χ1n) is 31.0. The van der Waals surface area contributed by atoms with Gasteiger partial charge in [-0.25, -0.2) is 0 Å². The highest BCUT2D eigenvalue weighted by Crippen LogP contribution is 3.08. The zero-order valence-electron chi connectivity index (χ0n) is 51.5. The van der Waals surface area contributed by atoms with Gasteiger partial charge in [0.05, 0.1) is 12.8 Å². The van der Waals surface area contributed by atoms with Crippen LogP contribution in [0.1, 0.15) is 232 Å². The molecule has 24 heteroatoms. The van der Waals surface area contributed by atoms with E-state index in [4.69, 9.17) is 86.5 Å². The van der Waals surface area contributed by atoms with Crippen LogP contribution in [0.2, 0.25) is 0 Å².